The van der Waals surface area contributed by atoms with E-state index in [1.54, 1.807) is 0 Å². The van der Waals surface area contributed by atoms with Gasteiger partial charge < -0.3 is 0 Å². The van der Waals surface area contributed by atoms with Gasteiger partial charge in [-0.2, -0.15) is 0 Å². The summed E-state index contributed by atoms with van der Waals surface area (Å²) in [6.07, 6.45) is 7.42. The van der Waals surface area contributed by atoms with Crippen molar-refractivity contribution in [3.05, 3.63) is 24.3 Å². The minimum absolute atomic E-state index is 0.323. The lowest BCUT2D eigenvalue weighted by Crippen LogP contribution is -2.17. The molecule has 0 aliphatic heterocycles. The predicted octanol–water partition coefficient (Wildman–Crippen LogP) is 3.51. The molecule has 0 radical (unpaired) electrons. The molecule has 1 rings (SSSR count). The topological polar surface area (TPSA) is 17.1 Å². The van der Waals surface area contributed by atoms with Crippen molar-refractivity contribution in [1.82, 2.24) is 0 Å². The monoisotopic (exact) mass is 192 g/mol. The number of allylic oxidation sites excluding steroid dienone is 3. The molecule has 1 heteroatoms. The molecule has 1 nitrogen and oxygen atoms in total. The third kappa shape index (κ3) is 2.83. The number of hydrogen-bond donors (Lipinski definition) is 0. The first-order valence-electron chi connectivity index (χ1n) is 5.48. The van der Waals surface area contributed by atoms with Crippen LogP contribution in [0.25, 0.3) is 0 Å². The highest BCUT2D eigenvalue weighted by atomic mass is 16.1. The average molecular weight is 192 g/mol. The standard InChI is InChI=1S/C13H20O/c1-4-5-6-13(14)12-8-7-10(2)11(3)9-12/h4,8,10-11H,1,5-7,9H2,2-3H3/t10-,11-/m1/s1. The summed E-state index contributed by atoms with van der Waals surface area (Å²) in [6.45, 7) is 8.12. The summed E-state index contributed by atoms with van der Waals surface area (Å²) < 4.78 is 0. The Morgan fingerprint density at radius 3 is 2.86 bits per heavy atom. The third-order valence-electron chi connectivity index (χ3n) is 3.18. The molecule has 0 saturated carbocycles. The molecule has 0 heterocycles. The van der Waals surface area contributed by atoms with Crippen LogP contribution in [0.4, 0.5) is 0 Å². The molecular weight excluding hydrogens is 172 g/mol. The highest BCUT2D eigenvalue weighted by molar-refractivity contribution is 5.95. The molecule has 78 valence electrons. The minimum atomic E-state index is 0.323. The van der Waals surface area contributed by atoms with Crippen LogP contribution in [0.5, 0.6) is 0 Å². The Labute approximate surface area is 86.9 Å². The number of Topliss-reactive ketones (excluding diaryl/α,β-unsaturated/α-hetero) is 1. The van der Waals surface area contributed by atoms with Crippen molar-refractivity contribution in [2.24, 2.45) is 11.8 Å². The van der Waals surface area contributed by atoms with Gasteiger partial charge in [0.25, 0.3) is 0 Å². The molecular formula is C13H20O. The van der Waals surface area contributed by atoms with Crippen molar-refractivity contribution in [1.29, 1.82) is 0 Å². The van der Waals surface area contributed by atoms with Gasteiger partial charge in [-0.05, 0) is 36.7 Å². The van der Waals surface area contributed by atoms with Crippen LogP contribution in [-0.4, -0.2) is 5.78 Å². The maximum atomic E-state index is 11.7. The van der Waals surface area contributed by atoms with Crippen LogP contribution in [0.1, 0.15) is 39.5 Å². The van der Waals surface area contributed by atoms with Crippen LogP contribution in [0.3, 0.4) is 0 Å². The van der Waals surface area contributed by atoms with Gasteiger partial charge in [0.15, 0.2) is 5.78 Å². The number of hydrogen-bond acceptors (Lipinski definition) is 1. The van der Waals surface area contributed by atoms with Crippen molar-refractivity contribution in [3.63, 3.8) is 0 Å². The van der Waals surface area contributed by atoms with E-state index in [2.05, 4.69) is 26.5 Å². The summed E-state index contributed by atoms with van der Waals surface area (Å²) in [4.78, 5) is 11.7. The normalized spacial score (nSPS) is 26.9. The summed E-state index contributed by atoms with van der Waals surface area (Å²) in [5.74, 6) is 1.71. The van der Waals surface area contributed by atoms with E-state index >= 15 is 0 Å². The smallest absolute Gasteiger partial charge is 0.158 e. The van der Waals surface area contributed by atoms with Crippen LogP contribution >= 0.6 is 0 Å². The van der Waals surface area contributed by atoms with Crippen LogP contribution < -0.4 is 0 Å². The van der Waals surface area contributed by atoms with E-state index in [1.807, 2.05) is 6.08 Å². The van der Waals surface area contributed by atoms with Gasteiger partial charge >= 0.3 is 0 Å². The second-order valence-electron chi connectivity index (χ2n) is 4.37. The van der Waals surface area contributed by atoms with Gasteiger partial charge in [-0.15, -0.1) is 6.58 Å². The van der Waals surface area contributed by atoms with Gasteiger partial charge in [0, 0.05) is 6.42 Å². The molecule has 1 aliphatic rings. The molecule has 2 atom stereocenters. The molecule has 0 N–H and O–H groups in total. The molecule has 0 aromatic carbocycles. The van der Waals surface area contributed by atoms with Gasteiger partial charge in [-0.25, -0.2) is 0 Å². The van der Waals surface area contributed by atoms with E-state index in [0.717, 1.165) is 30.8 Å². The van der Waals surface area contributed by atoms with Gasteiger partial charge in [0.05, 0.1) is 0 Å². The molecule has 0 amide bonds. The molecule has 0 aromatic heterocycles. The van der Waals surface area contributed by atoms with Crippen LogP contribution in [0.2, 0.25) is 0 Å². The molecule has 0 fully saturated rings. The minimum Gasteiger partial charge on any atom is -0.295 e. The van der Waals surface area contributed by atoms with Gasteiger partial charge in [0.1, 0.15) is 0 Å². The Kier molecular flexibility index (Phi) is 4.12. The lowest BCUT2D eigenvalue weighted by molar-refractivity contribution is -0.115. The van der Waals surface area contributed by atoms with E-state index in [4.69, 9.17) is 0 Å². The highest BCUT2D eigenvalue weighted by Gasteiger charge is 2.21. The largest absolute Gasteiger partial charge is 0.295 e. The van der Waals surface area contributed by atoms with Crippen molar-refractivity contribution in [2.75, 3.05) is 0 Å². The molecule has 14 heavy (non-hydrogen) atoms. The van der Waals surface area contributed by atoms with Gasteiger partial charge in [-0.1, -0.05) is 26.0 Å². The summed E-state index contributed by atoms with van der Waals surface area (Å²) in [6, 6.07) is 0. The summed E-state index contributed by atoms with van der Waals surface area (Å²) in [7, 11) is 0. The fourth-order valence-electron chi connectivity index (χ4n) is 1.81. The average Bonchev–Trinajstić information content (AvgIpc) is 2.18. The van der Waals surface area contributed by atoms with E-state index in [9.17, 15) is 4.79 Å². The number of carbonyl (C=O) groups is 1. The Hall–Kier alpha value is -0.850. The maximum absolute atomic E-state index is 11.7. The van der Waals surface area contributed by atoms with Crippen molar-refractivity contribution < 1.29 is 4.79 Å². The van der Waals surface area contributed by atoms with E-state index in [1.165, 1.54) is 0 Å². The van der Waals surface area contributed by atoms with E-state index in [-0.39, 0.29) is 0 Å². The Morgan fingerprint density at radius 1 is 1.57 bits per heavy atom. The zero-order valence-electron chi connectivity index (χ0n) is 9.25. The second kappa shape index (κ2) is 5.14. The lowest BCUT2D eigenvalue weighted by atomic mass is 9.80. The molecule has 0 spiro atoms. The summed E-state index contributed by atoms with van der Waals surface area (Å²) in [5.41, 5.74) is 1.05. The second-order valence-corrected chi connectivity index (χ2v) is 4.37. The first-order chi connectivity index (χ1) is 6.65. The van der Waals surface area contributed by atoms with Crippen molar-refractivity contribution >= 4 is 5.78 Å². The quantitative estimate of drug-likeness (QED) is 0.623. The summed E-state index contributed by atoms with van der Waals surface area (Å²) in [5, 5.41) is 0. The molecule has 0 bridgehead atoms. The Morgan fingerprint density at radius 2 is 2.29 bits per heavy atom. The van der Waals surface area contributed by atoms with Crippen molar-refractivity contribution in [3.8, 4) is 0 Å². The first kappa shape index (κ1) is 11.2. The third-order valence-corrected chi connectivity index (χ3v) is 3.18. The fourth-order valence-corrected chi connectivity index (χ4v) is 1.81. The lowest BCUT2D eigenvalue weighted by Gasteiger charge is -2.24. The van der Waals surface area contributed by atoms with Gasteiger partial charge in [0.2, 0.25) is 0 Å². The van der Waals surface area contributed by atoms with Gasteiger partial charge in [-0.3, -0.25) is 4.79 Å². The first-order valence-corrected chi connectivity index (χ1v) is 5.48. The van der Waals surface area contributed by atoms with Crippen LogP contribution in [0, 0.1) is 11.8 Å². The molecule has 0 unspecified atom stereocenters. The zero-order valence-corrected chi connectivity index (χ0v) is 9.25. The van der Waals surface area contributed by atoms with Crippen LogP contribution in [0.15, 0.2) is 24.3 Å². The zero-order chi connectivity index (χ0) is 10.6. The number of ketones is 1. The molecule has 0 saturated heterocycles. The predicted molar refractivity (Wildman–Crippen MR) is 60.1 cm³/mol. The van der Waals surface area contributed by atoms with Crippen molar-refractivity contribution in [2.45, 2.75) is 39.5 Å². The fraction of sp³-hybridized carbons (Fsp3) is 0.615. The Balaban J connectivity index is 2.52. The highest BCUT2D eigenvalue weighted by Crippen LogP contribution is 2.29. The van der Waals surface area contributed by atoms with E-state index in [0.29, 0.717) is 18.1 Å². The van der Waals surface area contributed by atoms with E-state index < -0.39 is 0 Å². The molecule has 1 aliphatic carbocycles. The Bertz CT molecular complexity index is 250. The van der Waals surface area contributed by atoms with Crippen LogP contribution in [-0.2, 0) is 4.79 Å². The summed E-state index contributed by atoms with van der Waals surface area (Å²) >= 11 is 0. The molecule has 0 aromatic rings. The number of rotatable bonds is 4. The number of carbonyl (C=O) groups excluding carboxylic acids is 1. The maximum Gasteiger partial charge on any atom is 0.158 e. The SMILES string of the molecule is C=CCCC(=O)C1=CC[C@@H](C)[C@H](C)C1.